The molecule has 0 spiro atoms. The Bertz CT molecular complexity index is 773. The number of halogens is 3. The van der Waals surface area contributed by atoms with Crippen molar-refractivity contribution in [1.29, 1.82) is 0 Å². The second kappa shape index (κ2) is 6.93. The molecule has 1 unspecified atom stereocenters. The van der Waals surface area contributed by atoms with Crippen LogP contribution in [0.25, 0.3) is 11.3 Å². The van der Waals surface area contributed by atoms with Crippen LogP contribution in [0.3, 0.4) is 0 Å². The van der Waals surface area contributed by atoms with Crippen molar-refractivity contribution in [3.05, 3.63) is 47.0 Å². The molecule has 2 aromatic rings. The second-order valence-corrected chi connectivity index (χ2v) is 6.12. The largest absolute Gasteiger partial charge is 0.415 e. The van der Waals surface area contributed by atoms with Crippen molar-refractivity contribution in [3.8, 4) is 11.3 Å². The maximum atomic E-state index is 12.3. The summed E-state index contributed by atoms with van der Waals surface area (Å²) in [4.78, 5) is 17.4. The molecule has 9 heteroatoms. The molecule has 0 bridgehead atoms. The van der Waals surface area contributed by atoms with E-state index in [1.165, 1.54) is 15.6 Å². The number of nitrogens with zero attached hydrogens (tertiary/aromatic N) is 4. The molecule has 1 saturated heterocycles. The number of rotatable bonds is 5. The molecule has 2 aromatic heterocycles. The lowest BCUT2D eigenvalue weighted by Crippen LogP contribution is -2.54. The zero-order valence-electron chi connectivity index (χ0n) is 13.2. The standard InChI is InChI=1S/C16H17F3N4O2/c17-16(18,19)14(24)10-22-7-11(8-22)9-23-15(25)2-1-13(21-23)12-3-5-20-6-4-12/h1-6,11,14,24H,7-10H2. The molecule has 0 aliphatic carbocycles. The lowest BCUT2D eigenvalue weighted by molar-refractivity contribution is -0.211. The minimum Gasteiger partial charge on any atom is -0.382 e. The van der Waals surface area contributed by atoms with Gasteiger partial charge in [0.05, 0.1) is 12.2 Å². The van der Waals surface area contributed by atoms with Gasteiger partial charge < -0.3 is 5.11 Å². The van der Waals surface area contributed by atoms with Gasteiger partial charge in [0.2, 0.25) is 0 Å². The van der Waals surface area contributed by atoms with Gasteiger partial charge in [-0.1, -0.05) is 0 Å². The normalized spacial score (nSPS) is 17.3. The third kappa shape index (κ3) is 4.23. The van der Waals surface area contributed by atoms with Crippen LogP contribution in [-0.4, -0.2) is 56.7 Å². The summed E-state index contributed by atoms with van der Waals surface area (Å²) in [5.41, 5.74) is 1.20. The molecule has 0 aromatic carbocycles. The Balaban J connectivity index is 1.61. The predicted molar refractivity (Wildman–Crippen MR) is 83.7 cm³/mol. The van der Waals surface area contributed by atoms with Crippen molar-refractivity contribution >= 4 is 0 Å². The van der Waals surface area contributed by atoms with Gasteiger partial charge in [-0.25, -0.2) is 4.68 Å². The molecule has 3 rings (SSSR count). The van der Waals surface area contributed by atoms with Crippen LogP contribution in [0.15, 0.2) is 41.5 Å². The molecule has 1 fully saturated rings. The monoisotopic (exact) mass is 354 g/mol. The molecule has 1 aliphatic rings. The van der Waals surface area contributed by atoms with Crippen molar-refractivity contribution in [3.63, 3.8) is 0 Å². The summed E-state index contributed by atoms with van der Waals surface area (Å²) in [6, 6.07) is 6.61. The van der Waals surface area contributed by atoms with Crippen molar-refractivity contribution in [2.45, 2.75) is 18.8 Å². The zero-order chi connectivity index (χ0) is 18.0. The quantitative estimate of drug-likeness (QED) is 0.873. The first-order valence-corrected chi connectivity index (χ1v) is 7.78. The van der Waals surface area contributed by atoms with Gasteiger partial charge in [0.25, 0.3) is 5.56 Å². The first kappa shape index (κ1) is 17.6. The molecule has 3 heterocycles. The number of alkyl halides is 3. The molecule has 0 radical (unpaired) electrons. The Morgan fingerprint density at radius 3 is 2.52 bits per heavy atom. The molecule has 0 amide bonds. The van der Waals surface area contributed by atoms with Crippen LogP contribution in [0.2, 0.25) is 0 Å². The van der Waals surface area contributed by atoms with E-state index in [1.807, 2.05) is 0 Å². The third-order valence-electron chi connectivity index (χ3n) is 4.12. The van der Waals surface area contributed by atoms with Gasteiger partial charge in [0.1, 0.15) is 0 Å². The third-order valence-corrected chi connectivity index (χ3v) is 4.12. The zero-order valence-corrected chi connectivity index (χ0v) is 13.2. The molecule has 134 valence electrons. The lowest BCUT2D eigenvalue weighted by Gasteiger charge is -2.40. The fourth-order valence-corrected chi connectivity index (χ4v) is 2.79. The van der Waals surface area contributed by atoms with Crippen LogP contribution in [0.5, 0.6) is 0 Å². The highest BCUT2D eigenvalue weighted by Gasteiger charge is 2.41. The summed E-state index contributed by atoms with van der Waals surface area (Å²) in [5, 5.41) is 13.4. The van der Waals surface area contributed by atoms with E-state index in [1.54, 1.807) is 30.6 Å². The summed E-state index contributed by atoms with van der Waals surface area (Å²) in [5.74, 6) is 0.0262. The topological polar surface area (TPSA) is 71.2 Å². The van der Waals surface area contributed by atoms with Gasteiger partial charge >= 0.3 is 6.18 Å². The molecule has 25 heavy (non-hydrogen) atoms. The highest BCUT2D eigenvalue weighted by Crippen LogP contribution is 2.24. The summed E-state index contributed by atoms with van der Waals surface area (Å²) in [6.45, 7) is 0.664. The number of aliphatic hydroxyl groups is 1. The Hall–Kier alpha value is -2.26. The van der Waals surface area contributed by atoms with Gasteiger partial charge in [0, 0.05) is 49.6 Å². The molecule has 1 atom stereocenters. The molecule has 0 saturated carbocycles. The van der Waals surface area contributed by atoms with Crippen LogP contribution in [-0.2, 0) is 6.54 Å². The SMILES string of the molecule is O=c1ccc(-c2ccncc2)nn1CC1CN(CC(O)C(F)(F)F)C1. The van der Waals surface area contributed by atoms with Gasteiger partial charge in [0.15, 0.2) is 6.10 Å². The summed E-state index contributed by atoms with van der Waals surface area (Å²) in [6.07, 6.45) is -3.70. The summed E-state index contributed by atoms with van der Waals surface area (Å²) >= 11 is 0. The number of β-amino-alcohol motifs (C(OH)–C–C–N with tert-alkyl or cyclic N) is 1. The van der Waals surface area contributed by atoms with E-state index in [-0.39, 0.29) is 11.5 Å². The number of likely N-dealkylation sites (tertiary alicyclic amines) is 1. The van der Waals surface area contributed by atoms with E-state index in [0.29, 0.717) is 25.3 Å². The fraction of sp³-hybridized carbons (Fsp3) is 0.438. The number of aromatic nitrogens is 3. The Kier molecular flexibility index (Phi) is 4.87. The summed E-state index contributed by atoms with van der Waals surface area (Å²) in [7, 11) is 0. The fourth-order valence-electron chi connectivity index (χ4n) is 2.79. The Labute approximate surface area is 141 Å². The van der Waals surface area contributed by atoms with Gasteiger partial charge in [-0.2, -0.15) is 18.3 Å². The number of hydrogen-bond donors (Lipinski definition) is 1. The average molecular weight is 354 g/mol. The smallest absolute Gasteiger partial charge is 0.382 e. The summed E-state index contributed by atoms with van der Waals surface area (Å²) < 4.78 is 38.3. The Morgan fingerprint density at radius 1 is 1.20 bits per heavy atom. The molecule has 1 N–H and O–H groups in total. The van der Waals surface area contributed by atoms with Crippen LogP contribution in [0.1, 0.15) is 0 Å². The van der Waals surface area contributed by atoms with Gasteiger partial charge in [-0.15, -0.1) is 0 Å². The first-order valence-electron chi connectivity index (χ1n) is 7.78. The van der Waals surface area contributed by atoms with E-state index in [2.05, 4.69) is 10.1 Å². The van der Waals surface area contributed by atoms with E-state index >= 15 is 0 Å². The maximum Gasteiger partial charge on any atom is 0.415 e. The highest BCUT2D eigenvalue weighted by molar-refractivity contribution is 5.56. The van der Waals surface area contributed by atoms with E-state index < -0.39 is 18.8 Å². The molecule has 1 aliphatic heterocycles. The Morgan fingerprint density at radius 2 is 1.88 bits per heavy atom. The highest BCUT2D eigenvalue weighted by atomic mass is 19.4. The molecular weight excluding hydrogens is 337 g/mol. The second-order valence-electron chi connectivity index (χ2n) is 6.12. The van der Waals surface area contributed by atoms with Gasteiger partial charge in [-0.3, -0.25) is 14.7 Å². The first-order chi connectivity index (χ1) is 11.8. The van der Waals surface area contributed by atoms with Crippen molar-refractivity contribution in [2.24, 2.45) is 5.92 Å². The van der Waals surface area contributed by atoms with Crippen LogP contribution in [0, 0.1) is 5.92 Å². The minimum atomic E-state index is -4.61. The van der Waals surface area contributed by atoms with E-state index in [4.69, 9.17) is 5.11 Å². The molecular formula is C16H17F3N4O2. The maximum absolute atomic E-state index is 12.3. The van der Waals surface area contributed by atoms with Crippen LogP contribution in [0.4, 0.5) is 13.2 Å². The van der Waals surface area contributed by atoms with Crippen molar-refractivity contribution < 1.29 is 18.3 Å². The van der Waals surface area contributed by atoms with E-state index in [9.17, 15) is 18.0 Å². The lowest BCUT2D eigenvalue weighted by atomic mass is 9.99. The predicted octanol–water partition coefficient (Wildman–Crippen LogP) is 1.16. The van der Waals surface area contributed by atoms with Crippen molar-refractivity contribution in [2.75, 3.05) is 19.6 Å². The number of hydrogen-bond acceptors (Lipinski definition) is 5. The number of aliphatic hydroxyl groups excluding tert-OH is 1. The minimum absolute atomic E-state index is 0.0262. The molecule has 6 nitrogen and oxygen atoms in total. The average Bonchev–Trinajstić information content (AvgIpc) is 2.54. The van der Waals surface area contributed by atoms with Gasteiger partial charge in [-0.05, 0) is 18.2 Å². The van der Waals surface area contributed by atoms with Crippen molar-refractivity contribution in [1.82, 2.24) is 19.7 Å². The van der Waals surface area contributed by atoms with Crippen LogP contribution >= 0.6 is 0 Å². The van der Waals surface area contributed by atoms with E-state index in [0.717, 1.165) is 5.56 Å². The number of pyridine rings is 1. The van der Waals surface area contributed by atoms with Crippen LogP contribution < -0.4 is 5.56 Å².